The molecule has 2 aromatic rings. The molecule has 7 nitrogen and oxygen atoms in total. The number of carbonyl (C=O) groups excluding carboxylic acids is 2. The molecule has 0 saturated carbocycles. The highest BCUT2D eigenvalue weighted by atomic mass is 127. The van der Waals surface area contributed by atoms with E-state index in [9.17, 15) is 27.9 Å². The maximum absolute atomic E-state index is 13.5. The van der Waals surface area contributed by atoms with Crippen LogP contribution in [0.15, 0.2) is 42.5 Å². The van der Waals surface area contributed by atoms with E-state index in [0.29, 0.717) is 11.6 Å². The van der Waals surface area contributed by atoms with Gasteiger partial charge in [-0.2, -0.15) is 18.4 Å². The summed E-state index contributed by atoms with van der Waals surface area (Å²) in [5.74, 6) is -1.44. The molecule has 2 amide bonds. The Hall–Kier alpha value is -2.85. The van der Waals surface area contributed by atoms with Crippen molar-refractivity contribution in [2.75, 3.05) is 18.4 Å². The molecule has 0 aromatic heterocycles. The molecule has 1 saturated heterocycles. The Bertz CT molecular complexity index is 1210. The quantitative estimate of drug-likeness (QED) is 0.405. The number of aliphatic hydroxyl groups is 1. The van der Waals surface area contributed by atoms with Gasteiger partial charge in [0, 0.05) is 34.7 Å². The minimum absolute atomic E-state index is 0.0741. The number of nitriles is 1. The van der Waals surface area contributed by atoms with Gasteiger partial charge in [0.05, 0.1) is 17.2 Å². The first kappa shape index (κ1) is 29.7. The predicted octanol–water partition coefficient (Wildman–Crippen LogP) is 5.74. The number of alkyl halides is 3. The predicted molar refractivity (Wildman–Crippen MR) is 143 cm³/mol. The number of benzene rings is 2. The number of hydrogen-bond acceptors (Lipinski definition) is 5. The molecule has 0 aliphatic carbocycles. The van der Waals surface area contributed by atoms with Crippen molar-refractivity contribution >= 4 is 40.3 Å². The van der Waals surface area contributed by atoms with Crippen LogP contribution in [0.2, 0.25) is 0 Å². The molecule has 2 aromatic carbocycles. The average molecular weight is 643 g/mol. The summed E-state index contributed by atoms with van der Waals surface area (Å²) in [6.45, 7) is 5.77. The molecule has 11 heteroatoms. The van der Waals surface area contributed by atoms with E-state index in [2.05, 4.69) is 27.9 Å². The Balaban J connectivity index is 1.87. The van der Waals surface area contributed by atoms with Gasteiger partial charge in [-0.3, -0.25) is 4.79 Å². The molecular formula is C27H29F3IN3O4. The monoisotopic (exact) mass is 643 g/mol. The lowest BCUT2D eigenvalue weighted by molar-refractivity contribution is -0.142. The molecule has 1 unspecified atom stereocenters. The van der Waals surface area contributed by atoms with E-state index in [1.165, 1.54) is 17.0 Å². The highest BCUT2D eigenvalue weighted by molar-refractivity contribution is 14.1. The van der Waals surface area contributed by atoms with Gasteiger partial charge in [-0.25, -0.2) is 4.79 Å². The van der Waals surface area contributed by atoms with E-state index in [-0.39, 0.29) is 38.0 Å². The zero-order valence-corrected chi connectivity index (χ0v) is 23.4. The third kappa shape index (κ3) is 7.38. The molecule has 1 heterocycles. The van der Waals surface area contributed by atoms with Gasteiger partial charge in [0.15, 0.2) is 0 Å². The summed E-state index contributed by atoms with van der Waals surface area (Å²) in [5.41, 5.74) is -3.90. The standard InChI is InChI=1S/C27H29F3IN3O4/c1-25(2,3)38-24(36)34-12-10-19(11-13-34)26(37,15-17-4-7-20(31)8-5-17)23(35)33-21-9-6-18(16-32)22(14-21)27(28,29)30/h4-9,14,19,37H,10-13,15H2,1-3H3,(H,33,35). The fraction of sp³-hybridized carbons (Fsp3) is 0.444. The summed E-state index contributed by atoms with van der Waals surface area (Å²) >= 11 is 2.13. The molecule has 1 aliphatic heterocycles. The van der Waals surface area contributed by atoms with Crippen molar-refractivity contribution in [3.05, 3.63) is 62.7 Å². The summed E-state index contributed by atoms with van der Waals surface area (Å²) in [6.07, 6.45) is -4.78. The van der Waals surface area contributed by atoms with E-state index in [4.69, 9.17) is 10.00 Å². The van der Waals surface area contributed by atoms with Crippen molar-refractivity contribution < 1.29 is 32.6 Å². The van der Waals surface area contributed by atoms with Crippen molar-refractivity contribution in [3.8, 4) is 6.07 Å². The second kappa shape index (κ2) is 11.5. The molecule has 0 radical (unpaired) electrons. The van der Waals surface area contributed by atoms with Crippen molar-refractivity contribution in [1.82, 2.24) is 4.90 Å². The Labute approximate surface area is 233 Å². The maximum atomic E-state index is 13.5. The molecule has 1 fully saturated rings. The number of nitrogens with one attached hydrogen (secondary N) is 1. The van der Waals surface area contributed by atoms with Crippen LogP contribution in [0, 0.1) is 20.8 Å². The van der Waals surface area contributed by atoms with Crippen LogP contribution in [0.5, 0.6) is 0 Å². The smallest absolute Gasteiger partial charge is 0.417 e. The van der Waals surface area contributed by atoms with Gasteiger partial charge in [0.2, 0.25) is 0 Å². The van der Waals surface area contributed by atoms with E-state index in [0.717, 1.165) is 9.64 Å². The van der Waals surface area contributed by atoms with Crippen LogP contribution >= 0.6 is 22.6 Å². The largest absolute Gasteiger partial charge is 0.444 e. The third-order valence-electron chi connectivity index (χ3n) is 6.31. The Morgan fingerprint density at radius 1 is 1.13 bits per heavy atom. The number of ether oxygens (including phenoxy) is 1. The van der Waals surface area contributed by atoms with Crippen LogP contribution in [-0.2, 0) is 22.1 Å². The molecule has 0 spiro atoms. The molecule has 1 atom stereocenters. The van der Waals surface area contributed by atoms with Crippen molar-refractivity contribution in [2.24, 2.45) is 5.92 Å². The van der Waals surface area contributed by atoms with Crippen molar-refractivity contribution in [2.45, 2.75) is 57.4 Å². The fourth-order valence-corrected chi connectivity index (χ4v) is 4.74. The van der Waals surface area contributed by atoms with Gasteiger partial charge in [-0.05, 0) is 92.1 Å². The van der Waals surface area contributed by atoms with Crippen LogP contribution in [0.3, 0.4) is 0 Å². The normalized spacial score (nSPS) is 16.3. The Kier molecular flexibility index (Phi) is 8.98. The maximum Gasteiger partial charge on any atom is 0.417 e. The number of anilines is 1. The Morgan fingerprint density at radius 3 is 2.26 bits per heavy atom. The second-order valence-electron chi connectivity index (χ2n) is 10.3. The first-order valence-electron chi connectivity index (χ1n) is 12.0. The number of hydrogen-bond donors (Lipinski definition) is 2. The van der Waals surface area contributed by atoms with Gasteiger partial charge in [-0.15, -0.1) is 0 Å². The summed E-state index contributed by atoms with van der Waals surface area (Å²) < 4.78 is 46.7. The minimum Gasteiger partial charge on any atom is -0.444 e. The number of carbonyl (C=O) groups is 2. The minimum atomic E-state index is -4.79. The average Bonchev–Trinajstić information content (AvgIpc) is 2.84. The molecular weight excluding hydrogens is 614 g/mol. The van der Waals surface area contributed by atoms with Crippen molar-refractivity contribution in [1.29, 1.82) is 5.26 Å². The van der Waals surface area contributed by atoms with Crippen LogP contribution in [0.4, 0.5) is 23.7 Å². The van der Waals surface area contributed by atoms with Crippen molar-refractivity contribution in [3.63, 3.8) is 0 Å². The highest BCUT2D eigenvalue weighted by Gasteiger charge is 2.46. The fourth-order valence-electron chi connectivity index (χ4n) is 4.38. The lowest BCUT2D eigenvalue weighted by atomic mass is 9.76. The summed E-state index contributed by atoms with van der Waals surface area (Å²) in [4.78, 5) is 27.5. The summed E-state index contributed by atoms with van der Waals surface area (Å²) in [7, 11) is 0. The van der Waals surface area contributed by atoms with Crippen LogP contribution in [0.25, 0.3) is 0 Å². The van der Waals surface area contributed by atoms with Gasteiger partial charge in [0.1, 0.15) is 11.2 Å². The first-order valence-corrected chi connectivity index (χ1v) is 13.1. The zero-order valence-electron chi connectivity index (χ0n) is 21.2. The van der Waals surface area contributed by atoms with Crippen LogP contribution < -0.4 is 5.32 Å². The summed E-state index contributed by atoms with van der Waals surface area (Å²) in [5, 5.41) is 23.3. The van der Waals surface area contributed by atoms with Gasteiger partial charge >= 0.3 is 12.3 Å². The number of piperidine rings is 1. The zero-order chi connectivity index (χ0) is 28.3. The molecule has 0 bridgehead atoms. The molecule has 38 heavy (non-hydrogen) atoms. The van der Waals surface area contributed by atoms with Crippen LogP contribution in [-0.4, -0.2) is 46.3 Å². The Morgan fingerprint density at radius 2 is 1.74 bits per heavy atom. The number of rotatable bonds is 5. The van der Waals surface area contributed by atoms with Gasteiger partial charge < -0.3 is 20.1 Å². The number of nitrogens with zero attached hydrogens (tertiary/aromatic N) is 2. The molecule has 2 N–H and O–H groups in total. The molecule has 1 aliphatic rings. The lowest BCUT2D eigenvalue weighted by Gasteiger charge is -2.40. The van der Waals surface area contributed by atoms with Gasteiger partial charge in [0.25, 0.3) is 5.91 Å². The van der Waals surface area contributed by atoms with Crippen LogP contribution in [0.1, 0.15) is 50.3 Å². The van der Waals surface area contributed by atoms with E-state index in [1.54, 1.807) is 32.9 Å². The SMILES string of the molecule is CC(C)(C)OC(=O)N1CCC(C(O)(Cc2ccc(I)cc2)C(=O)Nc2ccc(C#N)c(C(F)(F)F)c2)CC1. The first-order chi connectivity index (χ1) is 17.6. The molecule has 204 valence electrons. The number of likely N-dealkylation sites (tertiary alicyclic amines) is 1. The van der Waals surface area contributed by atoms with E-state index >= 15 is 0 Å². The topological polar surface area (TPSA) is 103 Å². The second-order valence-corrected chi connectivity index (χ2v) is 11.5. The third-order valence-corrected chi connectivity index (χ3v) is 7.02. The van der Waals surface area contributed by atoms with E-state index in [1.807, 2.05) is 12.1 Å². The lowest BCUT2D eigenvalue weighted by Crippen LogP contribution is -2.55. The van der Waals surface area contributed by atoms with E-state index < -0.39 is 46.4 Å². The van der Waals surface area contributed by atoms with Gasteiger partial charge in [-0.1, -0.05) is 12.1 Å². The highest BCUT2D eigenvalue weighted by Crippen LogP contribution is 2.36. The number of amides is 2. The summed E-state index contributed by atoms with van der Waals surface area (Å²) in [6, 6.07) is 11.6. The molecule has 3 rings (SSSR count). The number of halogens is 4.